The summed E-state index contributed by atoms with van der Waals surface area (Å²) in [7, 11) is 0. The standard InChI is InChI=1S/C16H15ClOS/c1-12(18)11-16(13-5-3-2-4-6-13)19-15-9-7-14(17)8-10-15/h2-10,16H,11H2,1H3. The Morgan fingerprint density at radius 3 is 2.32 bits per heavy atom. The van der Waals surface area contributed by atoms with Crippen LogP contribution in [0.25, 0.3) is 0 Å². The molecule has 0 saturated carbocycles. The van der Waals surface area contributed by atoms with Crippen molar-refractivity contribution in [3.8, 4) is 0 Å². The van der Waals surface area contributed by atoms with Gasteiger partial charge in [0.1, 0.15) is 5.78 Å². The summed E-state index contributed by atoms with van der Waals surface area (Å²) in [5, 5.41) is 0.882. The Bertz CT molecular complexity index is 536. The second-order valence-electron chi connectivity index (χ2n) is 4.38. The molecule has 0 saturated heterocycles. The van der Waals surface area contributed by atoms with Gasteiger partial charge in [0, 0.05) is 21.6 Å². The molecule has 1 unspecified atom stereocenters. The average Bonchev–Trinajstić information content (AvgIpc) is 2.41. The molecule has 0 fully saturated rings. The van der Waals surface area contributed by atoms with Gasteiger partial charge in [0.15, 0.2) is 0 Å². The summed E-state index contributed by atoms with van der Waals surface area (Å²) in [5.74, 6) is 0.204. The van der Waals surface area contributed by atoms with Crippen LogP contribution in [-0.4, -0.2) is 5.78 Å². The summed E-state index contributed by atoms with van der Waals surface area (Å²) in [6.07, 6.45) is 0.539. The molecule has 0 aliphatic rings. The van der Waals surface area contributed by atoms with E-state index in [0.717, 1.165) is 9.92 Å². The minimum absolute atomic E-state index is 0.153. The summed E-state index contributed by atoms with van der Waals surface area (Å²) < 4.78 is 0. The molecule has 1 nitrogen and oxygen atoms in total. The van der Waals surface area contributed by atoms with E-state index in [0.29, 0.717) is 6.42 Å². The maximum absolute atomic E-state index is 11.4. The van der Waals surface area contributed by atoms with Gasteiger partial charge in [-0.2, -0.15) is 0 Å². The van der Waals surface area contributed by atoms with Crippen LogP contribution in [0.5, 0.6) is 0 Å². The first-order valence-electron chi connectivity index (χ1n) is 6.12. The molecule has 1 atom stereocenters. The zero-order chi connectivity index (χ0) is 13.7. The molecule has 0 radical (unpaired) electrons. The van der Waals surface area contributed by atoms with Crippen LogP contribution < -0.4 is 0 Å². The minimum Gasteiger partial charge on any atom is -0.300 e. The summed E-state index contributed by atoms with van der Waals surface area (Å²) in [6, 6.07) is 17.9. The van der Waals surface area contributed by atoms with Gasteiger partial charge < -0.3 is 0 Å². The van der Waals surface area contributed by atoms with Crippen LogP contribution in [0.3, 0.4) is 0 Å². The van der Waals surface area contributed by atoms with E-state index in [2.05, 4.69) is 12.1 Å². The van der Waals surface area contributed by atoms with Gasteiger partial charge in [-0.05, 0) is 36.8 Å². The molecule has 0 heterocycles. The number of hydrogen-bond donors (Lipinski definition) is 0. The summed E-state index contributed by atoms with van der Waals surface area (Å²) in [4.78, 5) is 12.6. The van der Waals surface area contributed by atoms with Gasteiger partial charge in [0.25, 0.3) is 0 Å². The van der Waals surface area contributed by atoms with Crippen LogP contribution in [0.2, 0.25) is 5.02 Å². The molecule has 2 aromatic carbocycles. The number of Topliss-reactive ketones (excluding diaryl/α,β-unsaturated/α-hetero) is 1. The molecule has 0 amide bonds. The zero-order valence-electron chi connectivity index (χ0n) is 10.7. The van der Waals surface area contributed by atoms with E-state index in [1.165, 1.54) is 5.56 Å². The van der Waals surface area contributed by atoms with Crippen LogP contribution in [0.15, 0.2) is 59.5 Å². The Morgan fingerprint density at radius 1 is 1.11 bits per heavy atom. The van der Waals surface area contributed by atoms with Crippen molar-refractivity contribution in [1.82, 2.24) is 0 Å². The second kappa shape index (κ2) is 6.78. The third-order valence-corrected chi connectivity index (χ3v) is 4.26. The third-order valence-electron chi connectivity index (χ3n) is 2.74. The second-order valence-corrected chi connectivity index (χ2v) is 6.09. The van der Waals surface area contributed by atoms with Gasteiger partial charge in [-0.25, -0.2) is 0 Å². The van der Waals surface area contributed by atoms with E-state index in [1.807, 2.05) is 42.5 Å². The predicted octanol–water partition coefficient (Wildman–Crippen LogP) is 5.15. The predicted molar refractivity (Wildman–Crippen MR) is 81.8 cm³/mol. The van der Waals surface area contributed by atoms with Crippen molar-refractivity contribution in [2.45, 2.75) is 23.5 Å². The lowest BCUT2D eigenvalue weighted by Crippen LogP contribution is -2.00. The van der Waals surface area contributed by atoms with Crippen LogP contribution >= 0.6 is 23.4 Å². The monoisotopic (exact) mass is 290 g/mol. The fourth-order valence-corrected chi connectivity index (χ4v) is 3.19. The molecule has 0 aliphatic carbocycles. The van der Waals surface area contributed by atoms with Gasteiger partial charge in [-0.1, -0.05) is 41.9 Å². The van der Waals surface area contributed by atoms with Gasteiger partial charge in [0.2, 0.25) is 0 Å². The Morgan fingerprint density at radius 2 is 1.74 bits per heavy atom. The Labute approximate surface area is 123 Å². The van der Waals surface area contributed by atoms with E-state index in [9.17, 15) is 4.79 Å². The van der Waals surface area contributed by atoms with Crippen molar-refractivity contribution in [2.24, 2.45) is 0 Å². The summed E-state index contributed by atoms with van der Waals surface area (Å²) >= 11 is 7.59. The highest BCUT2D eigenvalue weighted by Gasteiger charge is 2.15. The quantitative estimate of drug-likeness (QED) is 0.708. The van der Waals surface area contributed by atoms with Crippen molar-refractivity contribution in [3.05, 3.63) is 65.2 Å². The maximum atomic E-state index is 11.4. The molecular formula is C16H15ClOS. The average molecular weight is 291 g/mol. The number of hydrogen-bond acceptors (Lipinski definition) is 2. The van der Waals surface area contributed by atoms with Crippen LogP contribution in [-0.2, 0) is 4.79 Å². The Hall–Kier alpha value is -1.25. The van der Waals surface area contributed by atoms with Crippen molar-refractivity contribution in [1.29, 1.82) is 0 Å². The highest BCUT2D eigenvalue weighted by molar-refractivity contribution is 7.99. The van der Waals surface area contributed by atoms with Crippen molar-refractivity contribution in [3.63, 3.8) is 0 Å². The highest BCUT2D eigenvalue weighted by atomic mass is 35.5. The molecule has 0 aliphatic heterocycles. The molecule has 98 valence electrons. The van der Waals surface area contributed by atoms with Crippen molar-refractivity contribution < 1.29 is 4.79 Å². The summed E-state index contributed by atoms with van der Waals surface area (Å²) in [5.41, 5.74) is 1.18. The molecule has 0 bridgehead atoms. The van der Waals surface area contributed by atoms with Gasteiger partial charge in [0.05, 0.1) is 0 Å². The third kappa shape index (κ3) is 4.41. The molecule has 0 aromatic heterocycles. The number of carbonyl (C=O) groups is 1. The lowest BCUT2D eigenvalue weighted by atomic mass is 10.1. The smallest absolute Gasteiger partial charge is 0.131 e. The van der Waals surface area contributed by atoms with Crippen LogP contribution in [0.4, 0.5) is 0 Å². The number of benzene rings is 2. The first-order chi connectivity index (χ1) is 9.15. The fraction of sp³-hybridized carbons (Fsp3) is 0.188. The van der Waals surface area contributed by atoms with Crippen molar-refractivity contribution >= 4 is 29.1 Å². The summed E-state index contributed by atoms with van der Waals surface area (Å²) in [6.45, 7) is 1.64. The largest absolute Gasteiger partial charge is 0.300 e. The van der Waals surface area contributed by atoms with Crippen molar-refractivity contribution in [2.75, 3.05) is 0 Å². The van der Waals surface area contributed by atoms with Gasteiger partial charge >= 0.3 is 0 Å². The number of thioether (sulfide) groups is 1. The lowest BCUT2D eigenvalue weighted by molar-refractivity contribution is -0.117. The molecule has 3 heteroatoms. The number of rotatable bonds is 5. The van der Waals surface area contributed by atoms with E-state index in [1.54, 1.807) is 18.7 Å². The minimum atomic E-state index is 0.153. The maximum Gasteiger partial charge on any atom is 0.131 e. The molecular weight excluding hydrogens is 276 g/mol. The molecule has 19 heavy (non-hydrogen) atoms. The van der Waals surface area contributed by atoms with Crippen LogP contribution in [0.1, 0.15) is 24.2 Å². The zero-order valence-corrected chi connectivity index (χ0v) is 12.2. The Kier molecular flexibility index (Phi) is 5.06. The Balaban J connectivity index is 2.19. The van der Waals surface area contributed by atoms with Crippen LogP contribution in [0, 0.1) is 0 Å². The lowest BCUT2D eigenvalue weighted by Gasteiger charge is -2.15. The first kappa shape index (κ1) is 14.2. The van der Waals surface area contributed by atoms with E-state index < -0.39 is 0 Å². The van der Waals surface area contributed by atoms with E-state index in [-0.39, 0.29) is 11.0 Å². The van der Waals surface area contributed by atoms with E-state index >= 15 is 0 Å². The normalized spacial score (nSPS) is 12.1. The van der Waals surface area contributed by atoms with E-state index in [4.69, 9.17) is 11.6 Å². The highest BCUT2D eigenvalue weighted by Crippen LogP contribution is 2.38. The topological polar surface area (TPSA) is 17.1 Å². The molecule has 2 aromatic rings. The molecule has 0 spiro atoms. The number of carbonyl (C=O) groups excluding carboxylic acids is 1. The molecule has 2 rings (SSSR count). The molecule has 0 N–H and O–H groups in total. The number of ketones is 1. The van der Waals surface area contributed by atoms with Gasteiger partial charge in [-0.15, -0.1) is 11.8 Å². The number of halogens is 1. The fourth-order valence-electron chi connectivity index (χ4n) is 1.83. The van der Waals surface area contributed by atoms with Gasteiger partial charge in [-0.3, -0.25) is 4.79 Å². The SMILES string of the molecule is CC(=O)CC(Sc1ccc(Cl)cc1)c1ccccc1. The first-order valence-corrected chi connectivity index (χ1v) is 7.37.